The number of rotatable bonds is 8. The minimum atomic E-state index is -0.159. The van der Waals surface area contributed by atoms with Crippen molar-refractivity contribution in [3.8, 4) is 0 Å². The van der Waals surface area contributed by atoms with E-state index in [0.717, 1.165) is 51.0 Å². The van der Waals surface area contributed by atoms with Gasteiger partial charge in [0.25, 0.3) is 5.91 Å². The van der Waals surface area contributed by atoms with Crippen LogP contribution in [0.15, 0.2) is 59.3 Å². The summed E-state index contributed by atoms with van der Waals surface area (Å²) in [4.78, 5) is 28.5. The van der Waals surface area contributed by atoms with Crippen LogP contribution in [0, 0.1) is 0 Å². The standard InChI is InChI=1S/C26H38N8O2/c1-18-17-33(11-10-32(18)12-13-35)22-8-9-24(29-16-22)30-19(2)31-25-20(15-27)14-23(26(36)28-3)34(25)21-6-4-5-7-21/h8-9,14-16,18,21,35H,2,4-7,10-13,17,27H2,1,3H3,(H,28,36)(H,29,30)/b20-15-,31-25+/t18-/m1/s1. The Labute approximate surface area is 213 Å². The summed E-state index contributed by atoms with van der Waals surface area (Å²) >= 11 is 0. The van der Waals surface area contributed by atoms with Gasteiger partial charge in [0.05, 0.1) is 18.5 Å². The average Bonchev–Trinajstić information content (AvgIpc) is 3.53. The van der Waals surface area contributed by atoms with Crippen molar-refractivity contribution in [2.75, 3.05) is 50.1 Å². The van der Waals surface area contributed by atoms with Gasteiger partial charge in [0.15, 0.2) is 0 Å². The molecule has 0 aromatic carbocycles. The molecule has 0 unspecified atom stereocenters. The van der Waals surface area contributed by atoms with Gasteiger partial charge in [0.2, 0.25) is 0 Å². The smallest absolute Gasteiger partial charge is 0.267 e. The van der Waals surface area contributed by atoms with Gasteiger partial charge in [-0.3, -0.25) is 9.69 Å². The molecule has 5 N–H and O–H groups in total. The first-order valence-electron chi connectivity index (χ1n) is 12.7. The quantitative estimate of drug-likeness (QED) is 0.430. The molecule has 3 aliphatic rings. The van der Waals surface area contributed by atoms with Gasteiger partial charge in [-0.1, -0.05) is 19.4 Å². The monoisotopic (exact) mass is 494 g/mol. The van der Waals surface area contributed by atoms with E-state index < -0.39 is 0 Å². The molecule has 1 saturated carbocycles. The number of pyridine rings is 1. The lowest BCUT2D eigenvalue weighted by Gasteiger charge is -2.40. The predicted octanol–water partition coefficient (Wildman–Crippen LogP) is 1.60. The summed E-state index contributed by atoms with van der Waals surface area (Å²) in [6, 6.07) is 4.53. The Morgan fingerprint density at radius 3 is 2.72 bits per heavy atom. The zero-order valence-electron chi connectivity index (χ0n) is 21.3. The highest BCUT2D eigenvalue weighted by Gasteiger charge is 2.36. The van der Waals surface area contributed by atoms with E-state index in [1.807, 2.05) is 23.2 Å². The lowest BCUT2D eigenvalue weighted by Crippen LogP contribution is -2.52. The van der Waals surface area contributed by atoms with Crippen LogP contribution in [-0.4, -0.2) is 83.6 Å². The van der Waals surface area contributed by atoms with Gasteiger partial charge < -0.3 is 31.3 Å². The van der Waals surface area contributed by atoms with Crippen LogP contribution in [-0.2, 0) is 4.79 Å². The molecule has 0 bridgehead atoms. The van der Waals surface area contributed by atoms with E-state index in [0.29, 0.717) is 41.3 Å². The number of nitrogens with zero attached hydrogens (tertiary/aromatic N) is 5. The number of aliphatic imine (C=N–C) groups is 1. The number of hydrogen-bond acceptors (Lipinski definition) is 8. The number of aliphatic hydroxyl groups is 1. The highest BCUT2D eigenvalue weighted by atomic mass is 16.3. The molecule has 1 aromatic rings. The van der Waals surface area contributed by atoms with Crippen molar-refractivity contribution in [1.29, 1.82) is 0 Å². The number of β-amino-alcohol motifs (C(OH)–C–C–N with tert-alkyl or cyclic N) is 1. The zero-order chi connectivity index (χ0) is 25.7. The topological polar surface area (TPSA) is 122 Å². The summed E-state index contributed by atoms with van der Waals surface area (Å²) in [5, 5.41) is 15.1. The Kier molecular flexibility index (Phi) is 8.27. The second kappa shape index (κ2) is 11.6. The van der Waals surface area contributed by atoms with Gasteiger partial charge in [-0.05, 0) is 38.0 Å². The van der Waals surface area contributed by atoms with Crippen molar-refractivity contribution >= 4 is 23.2 Å². The van der Waals surface area contributed by atoms with Crippen molar-refractivity contribution in [1.82, 2.24) is 20.1 Å². The second-order valence-corrected chi connectivity index (χ2v) is 9.50. The van der Waals surface area contributed by atoms with E-state index in [1.54, 1.807) is 13.1 Å². The maximum atomic E-state index is 12.6. The van der Waals surface area contributed by atoms with Crippen LogP contribution in [0.5, 0.6) is 0 Å². The number of aromatic nitrogens is 1. The van der Waals surface area contributed by atoms with Gasteiger partial charge in [-0.15, -0.1) is 0 Å². The zero-order valence-corrected chi connectivity index (χ0v) is 21.3. The maximum Gasteiger partial charge on any atom is 0.267 e. The first-order valence-corrected chi connectivity index (χ1v) is 12.7. The number of aliphatic hydroxyl groups excluding tert-OH is 1. The van der Waals surface area contributed by atoms with Crippen LogP contribution in [0.2, 0.25) is 0 Å². The summed E-state index contributed by atoms with van der Waals surface area (Å²) < 4.78 is 0. The van der Waals surface area contributed by atoms with Crippen LogP contribution in [0.1, 0.15) is 32.6 Å². The number of amidine groups is 1. The van der Waals surface area contributed by atoms with Crippen LogP contribution < -0.4 is 21.3 Å². The fourth-order valence-corrected chi connectivity index (χ4v) is 5.25. The predicted molar refractivity (Wildman–Crippen MR) is 143 cm³/mol. The summed E-state index contributed by atoms with van der Waals surface area (Å²) in [6.07, 6.45) is 9.38. The molecule has 3 heterocycles. The van der Waals surface area contributed by atoms with Crippen molar-refractivity contribution in [2.45, 2.75) is 44.7 Å². The summed E-state index contributed by atoms with van der Waals surface area (Å²) in [6.45, 7) is 9.86. The number of hydrogen-bond donors (Lipinski definition) is 4. The molecule has 0 radical (unpaired) electrons. The van der Waals surface area contributed by atoms with Crippen molar-refractivity contribution in [3.63, 3.8) is 0 Å². The van der Waals surface area contributed by atoms with E-state index in [-0.39, 0.29) is 18.6 Å². The highest BCUT2D eigenvalue weighted by molar-refractivity contribution is 6.12. The van der Waals surface area contributed by atoms with E-state index in [9.17, 15) is 9.90 Å². The molecule has 36 heavy (non-hydrogen) atoms. The number of amides is 1. The Morgan fingerprint density at radius 2 is 2.11 bits per heavy atom. The molecular formula is C26H38N8O2. The SMILES string of the molecule is C=C(/N=C1\C(=C/N)C=C(C(=O)NC)N1C1CCCC1)Nc1ccc(N2CCN(CCO)[C@H](C)C2)cn1. The fourth-order valence-electron chi connectivity index (χ4n) is 5.25. The van der Waals surface area contributed by atoms with E-state index in [1.165, 1.54) is 6.20 Å². The minimum absolute atomic E-state index is 0.159. The molecule has 2 fully saturated rings. The molecule has 194 valence electrons. The van der Waals surface area contributed by atoms with Crippen LogP contribution in [0.4, 0.5) is 11.5 Å². The van der Waals surface area contributed by atoms with Crippen LogP contribution >= 0.6 is 0 Å². The Morgan fingerprint density at radius 1 is 1.33 bits per heavy atom. The van der Waals surface area contributed by atoms with E-state index in [2.05, 4.69) is 38.9 Å². The third-order valence-electron chi connectivity index (χ3n) is 7.15. The molecule has 10 heteroatoms. The molecule has 1 saturated heterocycles. The number of nitrogens with two attached hydrogens (primary N) is 1. The molecule has 0 spiro atoms. The number of carbonyl (C=O) groups excluding carboxylic acids is 1. The van der Waals surface area contributed by atoms with Crippen molar-refractivity contribution in [2.24, 2.45) is 10.7 Å². The molecule has 4 rings (SSSR count). The van der Waals surface area contributed by atoms with Crippen LogP contribution in [0.3, 0.4) is 0 Å². The van der Waals surface area contributed by atoms with Gasteiger partial charge in [0.1, 0.15) is 23.2 Å². The number of piperazine rings is 1. The van der Waals surface area contributed by atoms with Gasteiger partial charge >= 0.3 is 0 Å². The largest absolute Gasteiger partial charge is 0.404 e. The number of carbonyl (C=O) groups is 1. The van der Waals surface area contributed by atoms with Gasteiger partial charge in [0, 0.05) is 57.1 Å². The third kappa shape index (κ3) is 5.55. The average molecular weight is 495 g/mol. The number of anilines is 2. The normalized spacial score (nSPS) is 23.4. The lowest BCUT2D eigenvalue weighted by molar-refractivity contribution is -0.118. The first kappa shape index (κ1) is 25.7. The maximum absolute atomic E-state index is 12.6. The fraction of sp³-hybridized carbons (Fsp3) is 0.500. The summed E-state index contributed by atoms with van der Waals surface area (Å²) in [5.74, 6) is 1.54. The molecule has 1 aliphatic carbocycles. The Bertz CT molecular complexity index is 1040. The lowest BCUT2D eigenvalue weighted by atomic mass is 10.2. The number of nitrogens with one attached hydrogen (secondary N) is 2. The first-order chi connectivity index (χ1) is 17.4. The van der Waals surface area contributed by atoms with E-state index >= 15 is 0 Å². The molecular weight excluding hydrogens is 456 g/mol. The number of likely N-dealkylation sites (N-methyl/N-ethyl adjacent to an activating group) is 1. The molecule has 1 aromatic heterocycles. The van der Waals surface area contributed by atoms with Gasteiger partial charge in [-0.25, -0.2) is 9.98 Å². The summed E-state index contributed by atoms with van der Waals surface area (Å²) in [7, 11) is 1.63. The highest BCUT2D eigenvalue weighted by Crippen LogP contribution is 2.33. The minimum Gasteiger partial charge on any atom is -0.404 e. The Balaban J connectivity index is 1.45. The van der Waals surface area contributed by atoms with Crippen molar-refractivity contribution < 1.29 is 9.90 Å². The van der Waals surface area contributed by atoms with Gasteiger partial charge in [-0.2, -0.15) is 0 Å². The van der Waals surface area contributed by atoms with Crippen molar-refractivity contribution in [3.05, 3.63) is 54.3 Å². The Hall–Kier alpha value is -3.37. The third-order valence-corrected chi connectivity index (χ3v) is 7.15. The summed E-state index contributed by atoms with van der Waals surface area (Å²) in [5.41, 5.74) is 8.23. The van der Waals surface area contributed by atoms with E-state index in [4.69, 9.17) is 10.7 Å². The second-order valence-electron chi connectivity index (χ2n) is 9.50. The molecule has 1 amide bonds. The van der Waals surface area contributed by atoms with Crippen LogP contribution in [0.25, 0.3) is 0 Å². The molecule has 10 nitrogen and oxygen atoms in total. The molecule has 2 aliphatic heterocycles. The molecule has 1 atom stereocenters.